The lowest BCUT2D eigenvalue weighted by molar-refractivity contribution is 0.955. The normalized spacial score (nSPS) is 11.0. The van der Waals surface area contributed by atoms with Gasteiger partial charge in [-0.3, -0.25) is 4.98 Å². The van der Waals surface area contributed by atoms with E-state index in [1.165, 1.54) is 0 Å². The number of aryl methyl sites for hydroxylation is 1. The zero-order valence-corrected chi connectivity index (χ0v) is 10.2. The SMILES string of the molecule is Cc1nccn1-c1cc(CN)nc2ccccc12. The maximum Gasteiger partial charge on any atom is 0.110 e. The van der Waals surface area contributed by atoms with E-state index in [-0.39, 0.29) is 0 Å². The highest BCUT2D eigenvalue weighted by Crippen LogP contribution is 2.22. The van der Waals surface area contributed by atoms with Gasteiger partial charge in [0.2, 0.25) is 0 Å². The van der Waals surface area contributed by atoms with Gasteiger partial charge >= 0.3 is 0 Å². The molecule has 0 unspecified atom stereocenters. The van der Waals surface area contributed by atoms with Crippen LogP contribution < -0.4 is 5.73 Å². The van der Waals surface area contributed by atoms with Gasteiger partial charge in [-0.25, -0.2) is 4.98 Å². The minimum absolute atomic E-state index is 0.436. The van der Waals surface area contributed by atoms with E-state index in [4.69, 9.17) is 5.73 Å². The summed E-state index contributed by atoms with van der Waals surface area (Å²) in [6, 6.07) is 10.1. The zero-order valence-electron chi connectivity index (χ0n) is 10.2. The predicted molar refractivity (Wildman–Crippen MR) is 71.5 cm³/mol. The number of pyridine rings is 1. The van der Waals surface area contributed by atoms with E-state index >= 15 is 0 Å². The maximum absolute atomic E-state index is 5.71. The van der Waals surface area contributed by atoms with E-state index < -0.39 is 0 Å². The first-order valence-electron chi connectivity index (χ1n) is 5.88. The van der Waals surface area contributed by atoms with Gasteiger partial charge in [0.15, 0.2) is 0 Å². The van der Waals surface area contributed by atoms with Gasteiger partial charge in [0, 0.05) is 24.3 Å². The molecular formula is C14H14N4. The lowest BCUT2D eigenvalue weighted by Gasteiger charge is -2.10. The number of para-hydroxylation sites is 1. The summed E-state index contributed by atoms with van der Waals surface area (Å²) in [5, 5.41) is 1.11. The number of nitrogens with zero attached hydrogens (tertiary/aromatic N) is 3. The van der Waals surface area contributed by atoms with Gasteiger partial charge in [0.1, 0.15) is 5.82 Å². The summed E-state index contributed by atoms with van der Waals surface area (Å²) >= 11 is 0. The molecule has 4 heteroatoms. The van der Waals surface area contributed by atoms with Crippen LogP contribution in [0.1, 0.15) is 11.5 Å². The Hall–Kier alpha value is -2.20. The second kappa shape index (κ2) is 4.23. The van der Waals surface area contributed by atoms with Crippen LogP contribution >= 0.6 is 0 Å². The van der Waals surface area contributed by atoms with Gasteiger partial charge < -0.3 is 10.3 Å². The second-order valence-corrected chi connectivity index (χ2v) is 4.20. The molecule has 0 spiro atoms. The van der Waals surface area contributed by atoms with Crippen LogP contribution in [0, 0.1) is 6.92 Å². The van der Waals surface area contributed by atoms with Crippen molar-refractivity contribution in [3.8, 4) is 5.69 Å². The number of benzene rings is 1. The minimum Gasteiger partial charge on any atom is -0.325 e. The minimum atomic E-state index is 0.436. The smallest absolute Gasteiger partial charge is 0.110 e. The Morgan fingerprint density at radius 2 is 2.11 bits per heavy atom. The van der Waals surface area contributed by atoms with E-state index in [1.54, 1.807) is 6.20 Å². The highest BCUT2D eigenvalue weighted by atomic mass is 15.1. The van der Waals surface area contributed by atoms with Crippen molar-refractivity contribution < 1.29 is 0 Å². The Balaban J connectivity index is 2.36. The van der Waals surface area contributed by atoms with Crippen LogP contribution in [0.4, 0.5) is 0 Å². The van der Waals surface area contributed by atoms with Crippen LogP contribution in [0.15, 0.2) is 42.7 Å². The summed E-state index contributed by atoms with van der Waals surface area (Å²) < 4.78 is 2.06. The lowest BCUT2D eigenvalue weighted by atomic mass is 10.1. The molecule has 0 fully saturated rings. The number of fused-ring (bicyclic) bond motifs is 1. The van der Waals surface area contributed by atoms with Gasteiger partial charge in [-0.05, 0) is 19.1 Å². The first-order valence-corrected chi connectivity index (χ1v) is 5.88. The van der Waals surface area contributed by atoms with Crippen molar-refractivity contribution in [3.63, 3.8) is 0 Å². The maximum atomic E-state index is 5.71. The molecule has 0 amide bonds. The lowest BCUT2D eigenvalue weighted by Crippen LogP contribution is -2.04. The van der Waals surface area contributed by atoms with E-state index in [9.17, 15) is 0 Å². The van der Waals surface area contributed by atoms with Gasteiger partial charge in [-0.1, -0.05) is 18.2 Å². The molecule has 0 atom stereocenters. The van der Waals surface area contributed by atoms with Crippen molar-refractivity contribution in [2.75, 3.05) is 0 Å². The summed E-state index contributed by atoms with van der Waals surface area (Å²) in [4.78, 5) is 8.80. The van der Waals surface area contributed by atoms with Crippen LogP contribution in [-0.2, 0) is 6.54 Å². The third kappa shape index (κ3) is 1.67. The van der Waals surface area contributed by atoms with Crippen LogP contribution in [0.2, 0.25) is 0 Å². The summed E-state index contributed by atoms with van der Waals surface area (Å²) in [5.41, 5.74) is 8.64. The highest BCUT2D eigenvalue weighted by molar-refractivity contribution is 5.87. The number of hydrogen-bond donors (Lipinski definition) is 1. The molecule has 3 aromatic rings. The number of rotatable bonds is 2. The number of imidazole rings is 1. The monoisotopic (exact) mass is 238 g/mol. The molecule has 0 saturated carbocycles. The summed E-state index contributed by atoms with van der Waals surface area (Å²) in [6.45, 7) is 2.42. The number of hydrogen-bond acceptors (Lipinski definition) is 3. The Bertz CT molecular complexity index is 700. The Kier molecular flexibility index (Phi) is 2.57. The van der Waals surface area contributed by atoms with Crippen molar-refractivity contribution in [1.82, 2.24) is 14.5 Å². The molecule has 0 saturated heterocycles. The third-order valence-electron chi connectivity index (χ3n) is 3.04. The molecule has 0 radical (unpaired) electrons. The molecule has 0 aliphatic rings. The van der Waals surface area contributed by atoms with Crippen LogP contribution in [0.3, 0.4) is 0 Å². The van der Waals surface area contributed by atoms with E-state index in [2.05, 4.69) is 20.6 Å². The second-order valence-electron chi connectivity index (χ2n) is 4.20. The van der Waals surface area contributed by atoms with E-state index in [1.807, 2.05) is 37.4 Å². The molecule has 2 N–H and O–H groups in total. The summed E-state index contributed by atoms with van der Waals surface area (Å²) in [6.07, 6.45) is 3.75. The van der Waals surface area contributed by atoms with Gasteiger partial charge in [-0.15, -0.1) is 0 Å². The Morgan fingerprint density at radius 3 is 2.83 bits per heavy atom. The van der Waals surface area contributed by atoms with Gasteiger partial charge in [0.25, 0.3) is 0 Å². The van der Waals surface area contributed by atoms with Gasteiger partial charge in [0.05, 0.1) is 16.9 Å². The fourth-order valence-electron chi connectivity index (χ4n) is 2.15. The molecule has 4 nitrogen and oxygen atoms in total. The average Bonchev–Trinajstić information content (AvgIpc) is 2.83. The predicted octanol–water partition coefficient (Wildman–Crippen LogP) is 2.19. The molecule has 90 valence electrons. The highest BCUT2D eigenvalue weighted by Gasteiger charge is 2.08. The topological polar surface area (TPSA) is 56.7 Å². The molecule has 0 aliphatic heterocycles. The Labute approximate surface area is 105 Å². The van der Waals surface area contributed by atoms with Crippen molar-refractivity contribution >= 4 is 10.9 Å². The first kappa shape index (κ1) is 10.9. The molecular weight excluding hydrogens is 224 g/mol. The third-order valence-corrected chi connectivity index (χ3v) is 3.04. The molecule has 2 heterocycles. The molecule has 3 rings (SSSR count). The summed E-state index contributed by atoms with van der Waals surface area (Å²) in [7, 11) is 0. The quantitative estimate of drug-likeness (QED) is 0.744. The molecule has 2 aromatic heterocycles. The van der Waals surface area contributed by atoms with Crippen molar-refractivity contribution in [1.29, 1.82) is 0 Å². The van der Waals surface area contributed by atoms with Crippen molar-refractivity contribution in [3.05, 3.63) is 54.2 Å². The molecule has 0 aliphatic carbocycles. The van der Waals surface area contributed by atoms with Crippen LogP contribution in [0.25, 0.3) is 16.6 Å². The summed E-state index contributed by atoms with van der Waals surface area (Å²) in [5.74, 6) is 0.953. The van der Waals surface area contributed by atoms with Crippen LogP contribution in [-0.4, -0.2) is 14.5 Å². The van der Waals surface area contributed by atoms with E-state index in [0.717, 1.165) is 28.1 Å². The standard InChI is InChI=1S/C14H14N4/c1-10-16-6-7-18(10)14-8-11(9-15)17-13-5-3-2-4-12(13)14/h2-8H,9,15H2,1H3. The van der Waals surface area contributed by atoms with Crippen molar-refractivity contribution in [2.24, 2.45) is 5.73 Å². The fourth-order valence-corrected chi connectivity index (χ4v) is 2.15. The largest absolute Gasteiger partial charge is 0.325 e. The molecule has 18 heavy (non-hydrogen) atoms. The molecule has 0 bridgehead atoms. The number of aromatic nitrogens is 3. The van der Waals surface area contributed by atoms with Gasteiger partial charge in [-0.2, -0.15) is 0 Å². The fraction of sp³-hybridized carbons (Fsp3) is 0.143. The first-order chi connectivity index (χ1) is 8.79. The van der Waals surface area contributed by atoms with E-state index in [0.29, 0.717) is 6.54 Å². The average molecular weight is 238 g/mol. The number of nitrogens with two attached hydrogens (primary N) is 1. The van der Waals surface area contributed by atoms with Crippen LogP contribution in [0.5, 0.6) is 0 Å². The van der Waals surface area contributed by atoms with Crippen molar-refractivity contribution in [2.45, 2.75) is 13.5 Å². The molecule has 1 aromatic carbocycles. The zero-order chi connectivity index (χ0) is 12.5. The Morgan fingerprint density at radius 1 is 1.28 bits per heavy atom.